The molecule has 0 bridgehead atoms. The van der Waals surface area contributed by atoms with E-state index >= 15 is 0 Å². The summed E-state index contributed by atoms with van der Waals surface area (Å²) in [5.41, 5.74) is 3.93. The van der Waals surface area contributed by atoms with Crippen molar-refractivity contribution in [1.29, 1.82) is 0 Å². The molecule has 0 saturated carbocycles. The molecule has 3 aromatic heterocycles. The third-order valence-corrected chi connectivity index (χ3v) is 8.73. The minimum atomic E-state index is -0.251. The molecule has 1 aliphatic heterocycles. The number of carbonyl (C=O) groups is 1. The average Bonchev–Trinajstić information content (AvgIpc) is 3.53. The largest absolute Gasteiger partial charge is 0.340 e. The maximum Gasteiger partial charge on any atom is 0.246 e. The number of carbonyl (C=O) groups excluding carboxylic acids is 1. The van der Waals surface area contributed by atoms with Gasteiger partial charge in [-0.2, -0.15) is 5.10 Å². The van der Waals surface area contributed by atoms with E-state index in [-0.39, 0.29) is 11.7 Å². The van der Waals surface area contributed by atoms with Crippen LogP contribution in [0.2, 0.25) is 0 Å². The second-order valence-corrected chi connectivity index (χ2v) is 11.8. The van der Waals surface area contributed by atoms with Crippen molar-refractivity contribution in [2.45, 2.75) is 39.4 Å². The van der Waals surface area contributed by atoms with Gasteiger partial charge in [-0.1, -0.05) is 18.2 Å². The van der Waals surface area contributed by atoms with Gasteiger partial charge in [0.1, 0.15) is 22.8 Å². The molecule has 8 nitrogen and oxygen atoms in total. The first kappa shape index (κ1) is 27.0. The second-order valence-electron chi connectivity index (χ2n) is 10.7. The molecule has 0 fully saturated rings. The van der Waals surface area contributed by atoms with Gasteiger partial charge in [-0.15, -0.1) is 11.3 Å². The summed E-state index contributed by atoms with van der Waals surface area (Å²) in [6, 6.07) is 13.1. The number of hydrogen-bond donors (Lipinski definition) is 1. The smallest absolute Gasteiger partial charge is 0.246 e. The van der Waals surface area contributed by atoms with E-state index in [1.165, 1.54) is 17.7 Å². The SMILES string of the molecule is CC(C)N(C)C/C=C/C(=O)N1CCc2c(sc3ncnc(Nc4ccc5c(cnn5Cc5cccc(F)c5)c4)c23)C1. The van der Waals surface area contributed by atoms with Crippen molar-refractivity contribution in [3.05, 3.63) is 89.0 Å². The van der Waals surface area contributed by atoms with Crippen LogP contribution in [0.3, 0.4) is 0 Å². The van der Waals surface area contributed by atoms with Crippen LogP contribution in [0.15, 0.2) is 67.1 Å². The predicted octanol–water partition coefficient (Wildman–Crippen LogP) is 5.75. The lowest BCUT2D eigenvalue weighted by atomic mass is 10.0. The van der Waals surface area contributed by atoms with Crippen molar-refractivity contribution in [3.8, 4) is 0 Å². The molecule has 4 heterocycles. The maximum atomic E-state index is 13.6. The Labute approximate surface area is 242 Å². The average molecular weight is 570 g/mol. The first-order valence-corrected chi connectivity index (χ1v) is 14.6. The highest BCUT2D eigenvalue weighted by molar-refractivity contribution is 7.19. The Morgan fingerprint density at radius 1 is 1.22 bits per heavy atom. The molecular formula is C31H32FN7OS. The standard InChI is InChI=1S/C31H32FN7OS/c1-20(2)37(3)12-5-8-28(40)38-13-11-25-27(18-38)41-31-29(25)30(33-19-34-31)36-24-9-10-26-22(15-24)16-35-39(26)17-21-6-4-7-23(32)14-21/h4-10,14-16,19-20H,11-13,17-18H2,1-3H3,(H,33,34,36)/b8-5+. The number of rotatable bonds is 8. The van der Waals surface area contributed by atoms with Crippen molar-refractivity contribution < 1.29 is 9.18 Å². The Balaban J connectivity index is 1.20. The molecular weight excluding hydrogens is 537 g/mol. The summed E-state index contributed by atoms with van der Waals surface area (Å²) >= 11 is 1.63. The first-order chi connectivity index (χ1) is 19.9. The van der Waals surface area contributed by atoms with Gasteiger partial charge in [0.05, 0.1) is 30.2 Å². The number of thiophene rings is 1. The quantitative estimate of drug-likeness (QED) is 0.240. The molecule has 2 aromatic carbocycles. The Bertz CT molecular complexity index is 1760. The highest BCUT2D eigenvalue weighted by atomic mass is 32.1. The number of amides is 1. The lowest BCUT2D eigenvalue weighted by Gasteiger charge is -2.26. The van der Waals surface area contributed by atoms with Crippen LogP contribution in [0.5, 0.6) is 0 Å². The molecule has 210 valence electrons. The molecule has 0 atom stereocenters. The van der Waals surface area contributed by atoms with E-state index in [0.29, 0.717) is 25.7 Å². The number of nitrogens with zero attached hydrogens (tertiary/aromatic N) is 6. The second kappa shape index (κ2) is 11.4. The number of anilines is 2. The van der Waals surface area contributed by atoms with E-state index in [9.17, 15) is 9.18 Å². The fraction of sp³-hybridized carbons (Fsp3) is 0.290. The van der Waals surface area contributed by atoms with Gasteiger partial charge in [-0.25, -0.2) is 14.4 Å². The Morgan fingerprint density at radius 2 is 2.10 bits per heavy atom. The molecule has 0 saturated heterocycles. The Morgan fingerprint density at radius 3 is 2.93 bits per heavy atom. The van der Waals surface area contributed by atoms with Gasteiger partial charge in [-0.05, 0) is 68.8 Å². The van der Waals surface area contributed by atoms with Crippen molar-refractivity contribution in [2.24, 2.45) is 0 Å². The number of nitrogens with one attached hydrogen (secondary N) is 1. The molecule has 0 aliphatic carbocycles. The zero-order valence-electron chi connectivity index (χ0n) is 23.3. The summed E-state index contributed by atoms with van der Waals surface area (Å²) in [6.07, 6.45) is 7.80. The Kier molecular flexibility index (Phi) is 7.51. The van der Waals surface area contributed by atoms with Gasteiger partial charge in [0.2, 0.25) is 5.91 Å². The van der Waals surface area contributed by atoms with Gasteiger partial charge in [-0.3, -0.25) is 9.48 Å². The number of aromatic nitrogens is 4. The van der Waals surface area contributed by atoms with Crippen LogP contribution in [-0.2, 0) is 24.3 Å². The number of likely N-dealkylation sites (N-methyl/N-ethyl adjacent to an activating group) is 1. The van der Waals surface area contributed by atoms with E-state index in [1.807, 2.05) is 46.1 Å². The normalized spacial score (nSPS) is 13.7. The monoisotopic (exact) mass is 569 g/mol. The number of halogens is 1. The van der Waals surface area contributed by atoms with Crippen LogP contribution in [0.25, 0.3) is 21.1 Å². The summed E-state index contributed by atoms with van der Waals surface area (Å²) in [6.45, 7) is 6.75. The van der Waals surface area contributed by atoms with E-state index in [1.54, 1.807) is 29.8 Å². The topological polar surface area (TPSA) is 79.2 Å². The van der Waals surface area contributed by atoms with Crippen molar-refractivity contribution in [1.82, 2.24) is 29.5 Å². The summed E-state index contributed by atoms with van der Waals surface area (Å²) in [5.74, 6) is 0.551. The van der Waals surface area contributed by atoms with Gasteiger partial charge in [0, 0.05) is 41.2 Å². The third-order valence-electron chi connectivity index (χ3n) is 7.61. The van der Waals surface area contributed by atoms with Crippen LogP contribution < -0.4 is 5.32 Å². The Hall–Kier alpha value is -4.15. The number of benzene rings is 2. The molecule has 0 radical (unpaired) electrons. The summed E-state index contributed by atoms with van der Waals surface area (Å²) in [4.78, 5) is 28.2. The van der Waals surface area contributed by atoms with Crippen LogP contribution in [0.4, 0.5) is 15.9 Å². The fourth-order valence-corrected chi connectivity index (χ4v) is 6.29. The summed E-state index contributed by atoms with van der Waals surface area (Å²) in [5, 5.41) is 10.0. The van der Waals surface area contributed by atoms with Crippen molar-refractivity contribution >= 4 is 49.9 Å². The number of hydrogen-bond acceptors (Lipinski definition) is 7. The molecule has 6 rings (SSSR count). The third kappa shape index (κ3) is 5.71. The van der Waals surface area contributed by atoms with Gasteiger partial charge in [0.25, 0.3) is 0 Å². The molecule has 0 unspecified atom stereocenters. The molecule has 41 heavy (non-hydrogen) atoms. The van der Waals surface area contributed by atoms with Crippen molar-refractivity contribution in [2.75, 3.05) is 25.5 Å². The van der Waals surface area contributed by atoms with Crippen molar-refractivity contribution in [3.63, 3.8) is 0 Å². The molecule has 1 N–H and O–H groups in total. The van der Waals surface area contributed by atoms with Gasteiger partial charge in [0.15, 0.2) is 0 Å². The van der Waals surface area contributed by atoms with Gasteiger partial charge >= 0.3 is 0 Å². The number of fused-ring (bicyclic) bond motifs is 4. The lowest BCUT2D eigenvalue weighted by Crippen LogP contribution is -2.34. The summed E-state index contributed by atoms with van der Waals surface area (Å²) < 4.78 is 15.5. The summed E-state index contributed by atoms with van der Waals surface area (Å²) in [7, 11) is 2.05. The lowest BCUT2D eigenvalue weighted by molar-refractivity contribution is -0.126. The fourth-order valence-electron chi connectivity index (χ4n) is 5.08. The van der Waals surface area contributed by atoms with Crippen LogP contribution >= 0.6 is 11.3 Å². The van der Waals surface area contributed by atoms with Crippen LogP contribution in [-0.4, -0.2) is 61.6 Å². The van der Waals surface area contributed by atoms with Crippen LogP contribution in [0.1, 0.15) is 29.9 Å². The van der Waals surface area contributed by atoms with E-state index < -0.39 is 0 Å². The van der Waals surface area contributed by atoms with E-state index in [0.717, 1.165) is 56.0 Å². The minimum absolute atomic E-state index is 0.0425. The molecule has 5 aromatic rings. The van der Waals surface area contributed by atoms with E-state index in [4.69, 9.17) is 0 Å². The highest BCUT2D eigenvalue weighted by Gasteiger charge is 2.25. The van der Waals surface area contributed by atoms with Crippen LogP contribution in [0, 0.1) is 5.82 Å². The van der Waals surface area contributed by atoms with E-state index in [2.05, 4.69) is 46.2 Å². The van der Waals surface area contributed by atoms with Gasteiger partial charge < -0.3 is 15.1 Å². The molecule has 10 heteroatoms. The first-order valence-electron chi connectivity index (χ1n) is 13.7. The maximum absolute atomic E-state index is 13.6. The minimum Gasteiger partial charge on any atom is -0.340 e. The molecule has 1 amide bonds. The highest BCUT2D eigenvalue weighted by Crippen LogP contribution is 2.38. The molecule has 0 spiro atoms. The zero-order chi connectivity index (χ0) is 28.5. The molecule has 1 aliphatic rings. The predicted molar refractivity (Wildman–Crippen MR) is 162 cm³/mol. The zero-order valence-corrected chi connectivity index (χ0v) is 24.2.